The van der Waals surface area contributed by atoms with Gasteiger partial charge in [-0.3, -0.25) is 29.0 Å². The smallest absolute Gasteiger partial charge is 0.256 e. The fraction of sp³-hybridized carbons (Fsp3) is 0.385. The lowest BCUT2D eigenvalue weighted by Gasteiger charge is -2.22. The largest absolute Gasteiger partial charge is 0.389 e. The van der Waals surface area contributed by atoms with Crippen LogP contribution in [0, 0.1) is 0 Å². The molecule has 7 nitrogen and oxygen atoms in total. The van der Waals surface area contributed by atoms with Crippen LogP contribution in [-0.2, 0) is 19.2 Å². The van der Waals surface area contributed by atoms with Crippen molar-refractivity contribution in [3.8, 4) is 0 Å². The van der Waals surface area contributed by atoms with Gasteiger partial charge in [0.2, 0.25) is 0 Å². The molecule has 20 heavy (non-hydrogen) atoms. The summed E-state index contributed by atoms with van der Waals surface area (Å²) in [5.41, 5.74) is 0.598. The Balaban J connectivity index is 1.96. The van der Waals surface area contributed by atoms with Crippen molar-refractivity contribution in [3.63, 3.8) is 0 Å². The van der Waals surface area contributed by atoms with Gasteiger partial charge in [0.15, 0.2) is 0 Å². The SMILES string of the molecule is CC1=CC(=O)N(CC(O)CN2C(=O)C=C(C)C2=O)C1=O. The highest BCUT2D eigenvalue weighted by molar-refractivity contribution is 6.16. The van der Waals surface area contributed by atoms with Gasteiger partial charge in [0.1, 0.15) is 0 Å². The molecule has 0 bridgehead atoms. The molecule has 0 aromatic rings. The van der Waals surface area contributed by atoms with E-state index in [0.29, 0.717) is 11.1 Å². The first-order chi connectivity index (χ1) is 9.31. The normalized spacial score (nSPS) is 19.4. The summed E-state index contributed by atoms with van der Waals surface area (Å²) in [6.45, 7) is 2.52. The first-order valence-corrected chi connectivity index (χ1v) is 6.07. The molecule has 2 rings (SSSR count). The highest BCUT2D eigenvalue weighted by Gasteiger charge is 2.33. The Labute approximate surface area is 115 Å². The molecule has 0 aromatic carbocycles. The number of hydrogen-bond acceptors (Lipinski definition) is 5. The molecule has 2 aliphatic rings. The quantitative estimate of drug-likeness (QED) is 0.664. The van der Waals surface area contributed by atoms with Crippen LogP contribution in [0.2, 0.25) is 0 Å². The summed E-state index contributed by atoms with van der Waals surface area (Å²) in [7, 11) is 0. The van der Waals surface area contributed by atoms with E-state index >= 15 is 0 Å². The fourth-order valence-electron chi connectivity index (χ4n) is 2.10. The second kappa shape index (κ2) is 5.01. The van der Waals surface area contributed by atoms with Crippen molar-refractivity contribution in [1.82, 2.24) is 9.80 Å². The molecule has 0 spiro atoms. The van der Waals surface area contributed by atoms with Crippen LogP contribution >= 0.6 is 0 Å². The Morgan fingerprint density at radius 2 is 1.25 bits per heavy atom. The van der Waals surface area contributed by atoms with E-state index in [4.69, 9.17) is 0 Å². The van der Waals surface area contributed by atoms with Gasteiger partial charge in [-0.2, -0.15) is 0 Å². The van der Waals surface area contributed by atoms with Crippen molar-refractivity contribution < 1.29 is 24.3 Å². The van der Waals surface area contributed by atoms with Gasteiger partial charge >= 0.3 is 0 Å². The van der Waals surface area contributed by atoms with Gasteiger partial charge in [0, 0.05) is 23.3 Å². The third-order valence-corrected chi connectivity index (χ3v) is 3.16. The molecule has 0 radical (unpaired) electrons. The second-order valence-electron chi connectivity index (χ2n) is 4.82. The minimum atomic E-state index is -1.17. The maximum Gasteiger partial charge on any atom is 0.256 e. The molecule has 0 saturated carbocycles. The van der Waals surface area contributed by atoms with Gasteiger partial charge in [-0.05, 0) is 13.8 Å². The molecule has 0 fully saturated rings. The minimum Gasteiger partial charge on any atom is -0.389 e. The maximum atomic E-state index is 11.6. The number of carbonyl (C=O) groups is 4. The van der Waals surface area contributed by atoms with E-state index in [9.17, 15) is 24.3 Å². The first kappa shape index (κ1) is 14.1. The van der Waals surface area contributed by atoms with E-state index in [1.807, 2.05) is 0 Å². The van der Waals surface area contributed by atoms with Gasteiger partial charge in [-0.15, -0.1) is 0 Å². The molecule has 0 unspecified atom stereocenters. The van der Waals surface area contributed by atoms with Crippen LogP contribution in [0.25, 0.3) is 0 Å². The molecule has 4 amide bonds. The predicted molar refractivity (Wildman–Crippen MR) is 67.0 cm³/mol. The lowest BCUT2D eigenvalue weighted by Crippen LogP contribution is -2.44. The number of aliphatic hydroxyl groups is 1. The average molecular weight is 278 g/mol. The predicted octanol–water partition coefficient (Wildman–Crippen LogP) is -1.02. The van der Waals surface area contributed by atoms with Crippen LogP contribution in [0.1, 0.15) is 13.8 Å². The molecule has 1 N–H and O–H groups in total. The van der Waals surface area contributed by atoms with Crippen molar-refractivity contribution in [2.45, 2.75) is 20.0 Å². The third kappa shape index (κ3) is 2.39. The number of aliphatic hydroxyl groups excluding tert-OH is 1. The second-order valence-corrected chi connectivity index (χ2v) is 4.82. The molecule has 0 aliphatic carbocycles. The van der Waals surface area contributed by atoms with E-state index in [0.717, 1.165) is 9.80 Å². The summed E-state index contributed by atoms with van der Waals surface area (Å²) in [6, 6.07) is 0. The number of carbonyl (C=O) groups excluding carboxylic acids is 4. The number of hydrogen-bond donors (Lipinski definition) is 1. The van der Waals surface area contributed by atoms with Crippen molar-refractivity contribution in [2.24, 2.45) is 0 Å². The van der Waals surface area contributed by atoms with E-state index in [-0.39, 0.29) is 13.1 Å². The van der Waals surface area contributed by atoms with Crippen molar-refractivity contribution in [2.75, 3.05) is 13.1 Å². The summed E-state index contributed by atoms with van der Waals surface area (Å²) in [5, 5.41) is 9.88. The number of nitrogens with zero attached hydrogens (tertiary/aromatic N) is 2. The molecule has 106 valence electrons. The van der Waals surface area contributed by atoms with E-state index in [1.54, 1.807) is 0 Å². The Bertz CT molecular complexity index is 525. The zero-order valence-electron chi connectivity index (χ0n) is 11.1. The van der Waals surface area contributed by atoms with E-state index < -0.39 is 29.7 Å². The summed E-state index contributed by atoms with van der Waals surface area (Å²) in [5.74, 6) is -1.94. The van der Waals surface area contributed by atoms with Gasteiger partial charge in [-0.1, -0.05) is 0 Å². The van der Waals surface area contributed by atoms with Gasteiger partial charge in [0.05, 0.1) is 19.2 Å². The monoisotopic (exact) mass is 278 g/mol. The number of amides is 4. The zero-order valence-corrected chi connectivity index (χ0v) is 11.1. The van der Waals surface area contributed by atoms with Crippen LogP contribution in [-0.4, -0.2) is 57.7 Å². The van der Waals surface area contributed by atoms with Gasteiger partial charge in [0.25, 0.3) is 23.6 Å². The lowest BCUT2D eigenvalue weighted by atomic mass is 10.2. The third-order valence-electron chi connectivity index (χ3n) is 3.16. The number of β-amino-alcohol motifs (C(OH)–C–C–N with tert-alkyl or cyclic N) is 1. The van der Waals surface area contributed by atoms with Crippen LogP contribution < -0.4 is 0 Å². The molecular formula is C13H14N2O5. The molecule has 7 heteroatoms. The van der Waals surface area contributed by atoms with Crippen LogP contribution in [0.4, 0.5) is 0 Å². The molecule has 0 aromatic heterocycles. The van der Waals surface area contributed by atoms with Crippen LogP contribution in [0.3, 0.4) is 0 Å². The van der Waals surface area contributed by atoms with E-state index in [2.05, 4.69) is 0 Å². The summed E-state index contributed by atoms with van der Waals surface area (Å²) in [4.78, 5) is 48.1. The maximum absolute atomic E-state index is 11.6. The van der Waals surface area contributed by atoms with E-state index in [1.165, 1.54) is 26.0 Å². The van der Waals surface area contributed by atoms with Crippen molar-refractivity contribution in [1.29, 1.82) is 0 Å². The highest BCUT2D eigenvalue weighted by atomic mass is 16.3. The van der Waals surface area contributed by atoms with Crippen molar-refractivity contribution >= 4 is 23.6 Å². The van der Waals surface area contributed by atoms with Gasteiger partial charge in [-0.25, -0.2) is 0 Å². The summed E-state index contributed by atoms with van der Waals surface area (Å²) >= 11 is 0. The van der Waals surface area contributed by atoms with Crippen LogP contribution in [0.5, 0.6) is 0 Å². The minimum absolute atomic E-state index is 0.248. The zero-order chi connectivity index (χ0) is 15.0. The highest BCUT2D eigenvalue weighted by Crippen LogP contribution is 2.15. The lowest BCUT2D eigenvalue weighted by molar-refractivity contribution is -0.140. The Morgan fingerprint density at radius 3 is 1.50 bits per heavy atom. The molecule has 2 heterocycles. The Morgan fingerprint density at radius 1 is 0.900 bits per heavy atom. The molecular weight excluding hydrogens is 264 g/mol. The Hall–Kier alpha value is -2.28. The average Bonchev–Trinajstić information content (AvgIpc) is 2.74. The number of rotatable bonds is 4. The number of imide groups is 2. The molecule has 0 atom stereocenters. The summed E-state index contributed by atoms with van der Waals surface area (Å²) in [6.07, 6.45) is 1.20. The van der Waals surface area contributed by atoms with Crippen molar-refractivity contribution in [3.05, 3.63) is 23.3 Å². The fourth-order valence-corrected chi connectivity index (χ4v) is 2.10. The van der Waals surface area contributed by atoms with Gasteiger partial charge < -0.3 is 5.11 Å². The Kier molecular flexibility index (Phi) is 3.54. The summed E-state index contributed by atoms with van der Waals surface area (Å²) < 4.78 is 0. The first-order valence-electron chi connectivity index (χ1n) is 6.07. The molecule has 0 saturated heterocycles. The standard InChI is InChI=1S/C13H14N2O5/c1-7-3-10(17)14(12(7)19)5-9(16)6-15-11(18)4-8(2)13(15)20/h3-4,9,16H,5-6H2,1-2H3. The van der Waals surface area contributed by atoms with Crippen LogP contribution in [0.15, 0.2) is 23.3 Å². The topological polar surface area (TPSA) is 95.0 Å². The molecule has 2 aliphatic heterocycles.